The van der Waals surface area contributed by atoms with E-state index in [9.17, 15) is 9.59 Å². The van der Waals surface area contributed by atoms with Crippen LogP contribution in [0.15, 0.2) is 60.0 Å². The van der Waals surface area contributed by atoms with Crippen LogP contribution >= 0.6 is 22.7 Å². The number of hydrogen-bond acceptors (Lipinski definition) is 6. The number of fused-ring (bicyclic) bond motifs is 2. The van der Waals surface area contributed by atoms with Crippen molar-refractivity contribution in [3.05, 3.63) is 76.0 Å². The van der Waals surface area contributed by atoms with Crippen molar-refractivity contribution in [1.82, 2.24) is 9.88 Å². The first-order chi connectivity index (χ1) is 15.1. The molecule has 31 heavy (non-hydrogen) atoms. The molecule has 1 N–H and O–H groups in total. The lowest BCUT2D eigenvalue weighted by Crippen LogP contribution is -2.43. The Kier molecular flexibility index (Phi) is 4.95. The lowest BCUT2D eigenvalue weighted by molar-refractivity contribution is -0.119. The molecule has 1 aliphatic heterocycles. The molecule has 2 aromatic carbocycles. The van der Waals surface area contributed by atoms with Gasteiger partial charge in [0.2, 0.25) is 5.91 Å². The number of ether oxygens (including phenoxy) is 1. The van der Waals surface area contributed by atoms with Gasteiger partial charge >= 0.3 is 0 Å². The van der Waals surface area contributed by atoms with Crippen molar-refractivity contribution in [2.45, 2.75) is 12.0 Å². The number of nitrogens with one attached hydrogen (secondary N) is 1. The van der Waals surface area contributed by atoms with E-state index in [0.29, 0.717) is 10.7 Å². The van der Waals surface area contributed by atoms with Crippen LogP contribution in [0, 0.1) is 0 Å². The number of amides is 2. The third-order valence-corrected chi connectivity index (χ3v) is 7.40. The van der Waals surface area contributed by atoms with Crippen molar-refractivity contribution in [3.63, 3.8) is 0 Å². The number of rotatable bonds is 4. The number of likely N-dealkylation sites (N-methyl/N-ethyl adjacent to an activating group) is 1. The van der Waals surface area contributed by atoms with Crippen molar-refractivity contribution in [2.75, 3.05) is 19.5 Å². The van der Waals surface area contributed by atoms with Crippen LogP contribution in [0.25, 0.3) is 10.2 Å². The van der Waals surface area contributed by atoms with E-state index >= 15 is 0 Å². The standard InChI is InChI=1S/C23H19N3O3S2/c1-26-20(17-8-5-11-30-17)19(14-6-3-4-7-15(14)22(26)28)21(27)25-23-24-16-10-9-13(29-2)12-18(16)31-23/h3-12,19-20H,1-2H3,(H,24,25,27). The second-order valence-corrected chi connectivity index (χ2v) is 9.29. The van der Waals surface area contributed by atoms with E-state index in [1.807, 2.05) is 53.9 Å². The molecule has 0 spiro atoms. The number of carbonyl (C=O) groups is 2. The zero-order valence-corrected chi connectivity index (χ0v) is 18.5. The molecule has 6 nitrogen and oxygen atoms in total. The molecule has 2 unspecified atom stereocenters. The molecule has 0 saturated carbocycles. The van der Waals surface area contributed by atoms with Gasteiger partial charge in [0, 0.05) is 17.5 Å². The largest absolute Gasteiger partial charge is 0.497 e. The van der Waals surface area contributed by atoms with Crippen LogP contribution in [0.3, 0.4) is 0 Å². The number of aromatic nitrogens is 1. The predicted molar refractivity (Wildman–Crippen MR) is 123 cm³/mol. The van der Waals surface area contributed by atoms with Crippen LogP contribution in [-0.4, -0.2) is 35.9 Å². The van der Waals surface area contributed by atoms with Gasteiger partial charge in [-0.3, -0.25) is 9.59 Å². The van der Waals surface area contributed by atoms with E-state index in [1.54, 1.807) is 36.5 Å². The molecule has 0 bridgehead atoms. The molecule has 3 heterocycles. The average molecular weight is 450 g/mol. The van der Waals surface area contributed by atoms with Crippen LogP contribution in [0.5, 0.6) is 5.75 Å². The number of carbonyl (C=O) groups excluding carboxylic acids is 2. The predicted octanol–water partition coefficient (Wildman–Crippen LogP) is 4.92. The van der Waals surface area contributed by atoms with Gasteiger partial charge in [0.1, 0.15) is 5.75 Å². The highest BCUT2D eigenvalue weighted by atomic mass is 32.1. The molecular formula is C23H19N3O3S2. The average Bonchev–Trinajstić information content (AvgIpc) is 3.44. The second-order valence-electron chi connectivity index (χ2n) is 7.28. The number of nitrogens with zero attached hydrogens (tertiary/aromatic N) is 2. The van der Waals surface area contributed by atoms with E-state index in [4.69, 9.17) is 4.74 Å². The Morgan fingerprint density at radius 3 is 2.77 bits per heavy atom. The van der Waals surface area contributed by atoms with E-state index in [1.165, 1.54) is 11.3 Å². The van der Waals surface area contributed by atoms with E-state index in [2.05, 4.69) is 10.3 Å². The Bertz CT molecular complexity index is 1280. The van der Waals surface area contributed by atoms with Crippen LogP contribution in [0.2, 0.25) is 0 Å². The van der Waals surface area contributed by atoms with Crippen molar-refractivity contribution in [1.29, 1.82) is 0 Å². The van der Waals surface area contributed by atoms with E-state index in [-0.39, 0.29) is 17.9 Å². The lowest BCUT2D eigenvalue weighted by Gasteiger charge is -2.38. The maximum absolute atomic E-state index is 13.6. The summed E-state index contributed by atoms with van der Waals surface area (Å²) in [5, 5.41) is 5.49. The molecule has 2 atom stereocenters. The summed E-state index contributed by atoms with van der Waals surface area (Å²) in [6.07, 6.45) is 0. The molecule has 1 aliphatic rings. The Balaban J connectivity index is 1.55. The minimum Gasteiger partial charge on any atom is -0.497 e. The summed E-state index contributed by atoms with van der Waals surface area (Å²) in [6, 6.07) is 16.5. The first-order valence-corrected chi connectivity index (χ1v) is 11.4. The van der Waals surface area contributed by atoms with Crippen LogP contribution in [-0.2, 0) is 4.79 Å². The highest BCUT2D eigenvalue weighted by Gasteiger charge is 2.43. The fourth-order valence-electron chi connectivity index (χ4n) is 4.04. The molecular weight excluding hydrogens is 430 g/mol. The van der Waals surface area contributed by atoms with Gasteiger partial charge in [-0.25, -0.2) is 4.98 Å². The number of anilines is 1. The maximum Gasteiger partial charge on any atom is 0.254 e. The number of methoxy groups -OCH3 is 1. The number of hydrogen-bond donors (Lipinski definition) is 1. The summed E-state index contributed by atoms with van der Waals surface area (Å²) in [5.41, 5.74) is 2.10. The van der Waals surface area contributed by atoms with E-state index in [0.717, 1.165) is 26.4 Å². The molecule has 2 aromatic heterocycles. The third-order valence-electron chi connectivity index (χ3n) is 5.52. The van der Waals surface area contributed by atoms with Gasteiger partial charge in [0.15, 0.2) is 5.13 Å². The Morgan fingerprint density at radius 1 is 1.16 bits per heavy atom. The zero-order chi connectivity index (χ0) is 21.5. The minimum absolute atomic E-state index is 0.0786. The molecule has 0 aliphatic carbocycles. The zero-order valence-electron chi connectivity index (χ0n) is 16.9. The molecule has 0 fully saturated rings. The van der Waals surface area contributed by atoms with Gasteiger partial charge in [-0.15, -0.1) is 11.3 Å². The smallest absolute Gasteiger partial charge is 0.254 e. The van der Waals surface area contributed by atoms with Crippen LogP contribution < -0.4 is 10.1 Å². The lowest BCUT2D eigenvalue weighted by atomic mass is 9.82. The minimum atomic E-state index is -0.543. The fourth-order valence-corrected chi connectivity index (χ4v) is 5.84. The first kappa shape index (κ1) is 19.7. The Morgan fingerprint density at radius 2 is 2.00 bits per heavy atom. The number of benzene rings is 2. The molecule has 8 heteroatoms. The summed E-state index contributed by atoms with van der Waals surface area (Å²) in [6.45, 7) is 0. The van der Waals surface area contributed by atoms with E-state index < -0.39 is 5.92 Å². The molecule has 4 aromatic rings. The molecule has 2 amide bonds. The summed E-state index contributed by atoms with van der Waals surface area (Å²) in [5.74, 6) is -0.0615. The monoisotopic (exact) mass is 449 g/mol. The third kappa shape index (κ3) is 3.37. The molecule has 5 rings (SSSR count). The van der Waals surface area contributed by atoms with Crippen molar-refractivity contribution >= 4 is 49.8 Å². The summed E-state index contributed by atoms with van der Waals surface area (Å²) < 4.78 is 6.21. The van der Waals surface area contributed by atoms with Crippen molar-refractivity contribution in [3.8, 4) is 5.75 Å². The van der Waals surface area contributed by atoms with Gasteiger partial charge in [-0.2, -0.15) is 0 Å². The van der Waals surface area contributed by atoms with Crippen molar-refractivity contribution < 1.29 is 14.3 Å². The van der Waals surface area contributed by atoms with Gasteiger partial charge in [-0.05, 0) is 41.3 Å². The topological polar surface area (TPSA) is 71.5 Å². The quantitative estimate of drug-likeness (QED) is 0.480. The van der Waals surface area contributed by atoms with Crippen molar-refractivity contribution in [2.24, 2.45) is 0 Å². The fraction of sp³-hybridized carbons (Fsp3) is 0.174. The van der Waals surface area contributed by atoms with Gasteiger partial charge in [0.05, 0.1) is 29.3 Å². The maximum atomic E-state index is 13.6. The Labute approximate surface area is 187 Å². The van der Waals surface area contributed by atoms with Gasteiger partial charge in [0.25, 0.3) is 5.91 Å². The van der Waals surface area contributed by atoms with Crippen LogP contribution in [0.4, 0.5) is 5.13 Å². The second kappa shape index (κ2) is 7.79. The number of thiophene rings is 1. The first-order valence-electron chi connectivity index (χ1n) is 9.72. The summed E-state index contributed by atoms with van der Waals surface area (Å²) >= 11 is 2.94. The van der Waals surface area contributed by atoms with Crippen LogP contribution in [0.1, 0.15) is 32.8 Å². The van der Waals surface area contributed by atoms with Gasteiger partial charge < -0.3 is 15.0 Å². The SMILES string of the molecule is COc1ccc2nc(NC(=O)C3c4ccccc4C(=O)N(C)C3c3cccs3)sc2c1. The summed E-state index contributed by atoms with van der Waals surface area (Å²) in [4.78, 5) is 33.8. The number of thiazole rings is 1. The molecule has 156 valence electrons. The molecule has 0 saturated heterocycles. The molecule has 0 radical (unpaired) electrons. The summed E-state index contributed by atoms with van der Waals surface area (Å²) in [7, 11) is 3.38. The highest BCUT2D eigenvalue weighted by Crippen LogP contribution is 2.44. The Hall–Kier alpha value is -3.23. The highest BCUT2D eigenvalue weighted by molar-refractivity contribution is 7.22. The van der Waals surface area contributed by atoms with Gasteiger partial charge in [-0.1, -0.05) is 35.6 Å². The normalized spacial score (nSPS) is 18.1.